The van der Waals surface area contributed by atoms with E-state index in [4.69, 9.17) is 21.3 Å². The minimum Gasteiger partial charge on any atom is -0.463 e. The lowest BCUT2D eigenvalue weighted by Crippen LogP contribution is -2.38. The van der Waals surface area contributed by atoms with E-state index in [9.17, 15) is 9.59 Å². The van der Waals surface area contributed by atoms with Crippen LogP contribution in [0.5, 0.6) is 0 Å². The highest BCUT2D eigenvalue weighted by Gasteiger charge is 2.42. The van der Waals surface area contributed by atoms with Gasteiger partial charge < -0.3 is 14.5 Å². The molecule has 0 saturated carbocycles. The van der Waals surface area contributed by atoms with Crippen LogP contribution in [0.4, 0.5) is 0 Å². The summed E-state index contributed by atoms with van der Waals surface area (Å²) in [5.41, 5.74) is 3.58. The predicted molar refractivity (Wildman–Crippen MR) is 140 cm³/mol. The molecule has 1 fully saturated rings. The molecule has 0 unspecified atom stereocenters. The summed E-state index contributed by atoms with van der Waals surface area (Å²) in [5, 5.41) is 3.33. The molecule has 35 heavy (non-hydrogen) atoms. The molecule has 0 aliphatic carbocycles. The molecule has 2 aromatic carbocycles. The third-order valence-electron chi connectivity index (χ3n) is 6.33. The van der Waals surface area contributed by atoms with Gasteiger partial charge in [0.1, 0.15) is 0 Å². The van der Waals surface area contributed by atoms with Crippen molar-refractivity contribution in [2.45, 2.75) is 32.2 Å². The van der Waals surface area contributed by atoms with Crippen LogP contribution in [0.2, 0.25) is 5.02 Å². The summed E-state index contributed by atoms with van der Waals surface area (Å²) < 4.78 is 5.53. The first kappa shape index (κ1) is 23.7. The first-order valence-corrected chi connectivity index (χ1v) is 13.1. The third-order valence-corrected chi connectivity index (χ3v) is 7.47. The molecule has 0 aromatic heterocycles. The average molecular weight is 508 g/mol. The number of ether oxygens (including phenoxy) is 1. The number of fused-ring (bicyclic) bond motifs is 1. The molecule has 0 radical (unpaired) electrons. The Morgan fingerprint density at radius 2 is 1.80 bits per heavy atom. The predicted octanol–water partition coefficient (Wildman–Crippen LogP) is 5.63. The Bertz CT molecular complexity index is 1220. The summed E-state index contributed by atoms with van der Waals surface area (Å²) in [5.74, 6) is -0.322. The van der Waals surface area contributed by atoms with Crippen molar-refractivity contribution in [3.8, 4) is 0 Å². The fraction of sp³-hybridized carbons (Fsp3) is 0.296. The van der Waals surface area contributed by atoms with Crippen molar-refractivity contribution in [3.63, 3.8) is 0 Å². The van der Waals surface area contributed by atoms with Crippen LogP contribution < -0.4 is 0 Å². The minimum atomic E-state index is -0.498. The molecule has 2 aromatic rings. The largest absolute Gasteiger partial charge is 0.463 e. The topological polar surface area (TPSA) is 62.2 Å². The van der Waals surface area contributed by atoms with Gasteiger partial charge in [-0.1, -0.05) is 65.8 Å². The maximum atomic E-state index is 13.5. The van der Waals surface area contributed by atoms with Gasteiger partial charge in [0, 0.05) is 29.4 Å². The Hall–Kier alpha value is -3.03. The average Bonchev–Trinajstić information content (AvgIpc) is 3.55. The molecule has 1 atom stereocenters. The van der Waals surface area contributed by atoms with Gasteiger partial charge in [-0.2, -0.15) is 0 Å². The fourth-order valence-electron chi connectivity index (χ4n) is 4.68. The van der Waals surface area contributed by atoms with E-state index in [1.807, 2.05) is 69.8 Å². The van der Waals surface area contributed by atoms with Crippen LogP contribution in [-0.4, -0.2) is 46.5 Å². The monoisotopic (exact) mass is 507 g/mol. The fourth-order valence-corrected chi connectivity index (χ4v) is 5.73. The summed E-state index contributed by atoms with van der Waals surface area (Å²) in [6, 6.07) is 16.6. The van der Waals surface area contributed by atoms with E-state index in [1.165, 1.54) is 11.8 Å². The Labute approximate surface area is 214 Å². The second kappa shape index (κ2) is 10.3. The highest BCUT2D eigenvalue weighted by Crippen LogP contribution is 2.47. The van der Waals surface area contributed by atoms with Crippen LogP contribution >= 0.6 is 23.4 Å². The molecular weight excluding hydrogens is 482 g/mol. The Balaban J connectivity index is 1.62. The number of esters is 1. The molecule has 1 amide bonds. The highest BCUT2D eigenvalue weighted by atomic mass is 35.5. The van der Waals surface area contributed by atoms with Crippen molar-refractivity contribution in [2.75, 3.05) is 19.7 Å². The van der Waals surface area contributed by atoms with Crippen molar-refractivity contribution >= 4 is 46.1 Å². The number of nitrogens with zero attached hydrogens (tertiary/aromatic N) is 3. The molecule has 6 nitrogen and oxygen atoms in total. The maximum absolute atomic E-state index is 13.5. The smallest absolute Gasteiger partial charge is 0.338 e. The number of thioether (sulfide) groups is 1. The van der Waals surface area contributed by atoms with Crippen LogP contribution in [-0.2, 0) is 14.3 Å². The normalized spacial score (nSPS) is 19.4. The quantitative estimate of drug-likeness (QED) is 0.474. The van der Waals surface area contributed by atoms with Gasteiger partial charge in [0.25, 0.3) is 0 Å². The standard InChI is InChI=1S/C27H26ClN3O3S/c1-2-34-26(33)23-24(18-8-4-3-5-9-18)29-27-31(25(23)19-10-12-20(28)13-11-19)21(17-35-27)16-22(32)30-14-6-7-15-30/h3-5,8-13,17,25H,2,6-7,14-16H2,1H3/t25-/m0/s1. The number of aliphatic imine (C=N–C) groups is 1. The second-order valence-electron chi connectivity index (χ2n) is 8.56. The molecule has 180 valence electrons. The van der Waals surface area contributed by atoms with Gasteiger partial charge in [-0.3, -0.25) is 4.79 Å². The Kier molecular flexibility index (Phi) is 6.97. The summed E-state index contributed by atoms with van der Waals surface area (Å²) >= 11 is 7.68. The second-order valence-corrected chi connectivity index (χ2v) is 9.83. The van der Waals surface area contributed by atoms with Crippen LogP contribution in [0.15, 0.2) is 76.3 Å². The number of halogens is 1. The summed E-state index contributed by atoms with van der Waals surface area (Å²) in [6.07, 6.45) is 2.34. The molecule has 0 spiro atoms. The molecule has 1 saturated heterocycles. The molecule has 0 N–H and O–H groups in total. The molecule has 0 bridgehead atoms. The Morgan fingerprint density at radius 3 is 2.49 bits per heavy atom. The lowest BCUT2D eigenvalue weighted by molar-refractivity contribution is -0.139. The summed E-state index contributed by atoms with van der Waals surface area (Å²) in [7, 11) is 0. The van der Waals surface area contributed by atoms with Gasteiger partial charge >= 0.3 is 5.97 Å². The number of benzene rings is 2. The van der Waals surface area contributed by atoms with Gasteiger partial charge in [0.2, 0.25) is 5.91 Å². The van der Waals surface area contributed by atoms with E-state index in [0.29, 0.717) is 16.3 Å². The van der Waals surface area contributed by atoms with Crippen LogP contribution in [0.3, 0.4) is 0 Å². The molecular formula is C27H26ClN3O3S. The van der Waals surface area contributed by atoms with E-state index >= 15 is 0 Å². The van der Waals surface area contributed by atoms with E-state index in [0.717, 1.165) is 47.9 Å². The zero-order chi connectivity index (χ0) is 24.4. The van der Waals surface area contributed by atoms with Crippen molar-refractivity contribution in [1.82, 2.24) is 9.80 Å². The zero-order valence-corrected chi connectivity index (χ0v) is 21.0. The van der Waals surface area contributed by atoms with Gasteiger partial charge in [-0.25, -0.2) is 9.79 Å². The number of hydrogen-bond acceptors (Lipinski definition) is 6. The highest BCUT2D eigenvalue weighted by molar-refractivity contribution is 8.16. The van der Waals surface area contributed by atoms with Crippen molar-refractivity contribution in [1.29, 1.82) is 0 Å². The number of carbonyl (C=O) groups excluding carboxylic acids is 2. The van der Waals surface area contributed by atoms with Crippen molar-refractivity contribution < 1.29 is 14.3 Å². The summed E-state index contributed by atoms with van der Waals surface area (Å²) in [4.78, 5) is 35.4. The number of amidine groups is 1. The number of rotatable bonds is 6. The van der Waals surface area contributed by atoms with E-state index in [-0.39, 0.29) is 18.9 Å². The molecule has 3 aliphatic heterocycles. The first-order valence-electron chi connectivity index (χ1n) is 11.8. The molecule has 3 aliphatic rings. The SMILES string of the molecule is CCOC(=O)C1=C(c2ccccc2)N=C2SC=C(CC(=O)N3CCCC3)N2[C@H]1c1ccc(Cl)cc1. The molecule has 5 rings (SSSR count). The number of hydrogen-bond donors (Lipinski definition) is 0. The van der Waals surface area contributed by atoms with Crippen molar-refractivity contribution in [3.05, 3.63) is 87.4 Å². The third kappa shape index (κ3) is 4.75. The Morgan fingerprint density at radius 1 is 1.09 bits per heavy atom. The van der Waals surface area contributed by atoms with Gasteiger partial charge in [-0.15, -0.1) is 0 Å². The molecule has 3 heterocycles. The van der Waals surface area contributed by atoms with E-state index in [2.05, 4.69) is 0 Å². The lowest BCUT2D eigenvalue weighted by Gasteiger charge is -2.37. The van der Waals surface area contributed by atoms with Gasteiger partial charge in [-0.05, 0) is 42.9 Å². The maximum Gasteiger partial charge on any atom is 0.338 e. The number of likely N-dealkylation sites (tertiary alicyclic amines) is 1. The minimum absolute atomic E-state index is 0.0981. The van der Waals surface area contributed by atoms with E-state index in [1.54, 1.807) is 6.92 Å². The first-order chi connectivity index (χ1) is 17.1. The van der Waals surface area contributed by atoms with Gasteiger partial charge in [0.05, 0.1) is 30.3 Å². The van der Waals surface area contributed by atoms with Crippen LogP contribution in [0.25, 0.3) is 5.70 Å². The number of carbonyl (C=O) groups is 2. The lowest BCUT2D eigenvalue weighted by atomic mass is 9.91. The number of amides is 1. The van der Waals surface area contributed by atoms with Crippen LogP contribution in [0.1, 0.15) is 43.4 Å². The van der Waals surface area contributed by atoms with Crippen molar-refractivity contribution in [2.24, 2.45) is 4.99 Å². The zero-order valence-electron chi connectivity index (χ0n) is 19.4. The van der Waals surface area contributed by atoms with E-state index < -0.39 is 12.0 Å². The molecule has 8 heteroatoms. The van der Waals surface area contributed by atoms with Crippen LogP contribution in [0, 0.1) is 0 Å². The van der Waals surface area contributed by atoms with Gasteiger partial charge in [0.15, 0.2) is 5.17 Å². The summed E-state index contributed by atoms with van der Waals surface area (Å²) in [6.45, 7) is 3.64.